The minimum Gasteiger partial charge on any atom is -0.481 e. The van der Waals surface area contributed by atoms with Crippen LogP contribution in [0.15, 0.2) is 0 Å². The second-order valence-electron chi connectivity index (χ2n) is 5.75. The Labute approximate surface area is 124 Å². The average molecular weight is 300 g/mol. The van der Waals surface area contributed by atoms with Crippen molar-refractivity contribution in [3.63, 3.8) is 0 Å². The van der Waals surface area contributed by atoms with Crippen molar-refractivity contribution in [1.29, 1.82) is 0 Å². The minimum absolute atomic E-state index is 0.0394. The first-order chi connectivity index (χ1) is 9.65. The van der Waals surface area contributed by atoms with Gasteiger partial charge >= 0.3 is 12.0 Å². The fourth-order valence-electron chi connectivity index (χ4n) is 2.93. The highest BCUT2D eigenvalue weighted by molar-refractivity contribution is 7.99. The standard InChI is InChI=1S/C14H24N2O3S/c17-13(18)6-5-11-3-1-7-16(9-11)14(19)15-12-4-2-8-20-10-12/h11-12H,1-10H2,(H,15,19)(H,17,18). The Balaban J connectivity index is 1.75. The Kier molecular flexibility index (Phi) is 6.01. The summed E-state index contributed by atoms with van der Waals surface area (Å²) in [5, 5.41) is 11.9. The molecule has 2 amide bonds. The Hall–Kier alpha value is -0.910. The van der Waals surface area contributed by atoms with E-state index in [1.54, 1.807) is 0 Å². The molecule has 2 unspecified atom stereocenters. The van der Waals surface area contributed by atoms with Gasteiger partial charge in [0.05, 0.1) is 0 Å². The fourth-order valence-corrected chi connectivity index (χ4v) is 4.01. The number of nitrogens with zero attached hydrogens (tertiary/aromatic N) is 1. The number of carbonyl (C=O) groups excluding carboxylic acids is 1. The van der Waals surface area contributed by atoms with Crippen LogP contribution in [0.25, 0.3) is 0 Å². The monoisotopic (exact) mass is 300 g/mol. The van der Waals surface area contributed by atoms with Gasteiger partial charge in [0.1, 0.15) is 0 Å². The number of nitrogens with one attached hydrogen (secondary N) is 1. The molecule has 0 spiro atoms. The van der Waals surface area contributed by atoms with Crippen LogP contribution in [0.5, 0.6) is 0 Å². The summed E-state index contributed by atoms with van der Waals surface area (Å²) in [7, 11) is 0. The summed E-state index contributed by atoms with van der Waals surface area (Å²) in [5.74, 6) is 1.81. The number of amides is 2. The number of hydrogen-bond acceptors (Lipinski definition) is 3. The third-order valence-corrected chi connectivity index (χ3v) is 5.28. The van der Waals surface area contributed by atoms with E-state index in [1.807, 2.05) is 16.7 Å². The number of thioether (sulfide) groups is 1. The lowest BCUT2D eigenvalue weighted by molar-refractivity contribution is -0.137. The quantitative estimate of drug-likeness (QED) is 0.835. The Morgan fingerprint density at radius 1 is 1.30 bits per heavy atom. The maximum atomic E-state index is 12.2. The van der Waals surface area contributed by atoms with Gasteiger partial charge in [-0.05, 0) is 43.8 Å². The van der Waals surface area contributed by atoms with Crippen molar-refractivity contribution in [3.05, 3.63) is 0 Å². The van der Waals surface area contributed by atoms with Crippen LogP contribution in [0.2, 0.25) is 0 Å². The van der Waals surface area contributed by atoms with Gasteiger partial charge in [0.25, 0.3) is 0 Å². The molecule has 0 aromatic rings. The van der Waals surface area contributed by atoms with Gasteiger partial charge < -0.3 is 15.3 Å². The predicted octanol–water partition coefficient (Wildman–Crippen LogP) is 2.17. The van der Waals surface area contributed by atoms with Gasteiger partial charge in [-0.2, -0.15) is 11.8 Å². The van der Waals surface area contributed by atoms with Crippen molar-refractivity contribution in [3.8, 4) is 0 Å². The van der Waals surface area contributed by atoms with E-state index in [4.69, 9.17) is 5.11 Å². The molecule has 2 rings (SSSR count). The highest BCUT2D eigenvalue weighted by Gasteiger charge is 2.25. The molecule has 2 saturated heterocycles. The molecule has 6 heteroatoms. The molecule has 0 aliphatic carbocycles. The second kappa shape index (κ2) is 7.76. The van der Waals surface area contributed by atoms with Crippen LogP contribution >= 0.6 is 11.8 Å². The maximum absolute atomic E-state index is 12.2. The number of rotatable bonds is 4. The number of carboxylic acids is 1. The van der Waals surface area contributed by atoms with E-state index in [0.29, 0.717) is 24.9 Å². The van der Waals surface area contributed by atoms with E-state index < -0.39 is 5.97 Å². The van der Waals surface area contributed by atoms with E-state index >= 15 is 0 Å². The van der Waals surface area contributed by atoms with E-state index in [9.17, 15) is 9.59 Å². The lowest BCUT2D eigenvalue weighted by Gasteiger charge is -2.34. The molecule has 114 valence electrons. The summed E-state index contributed by atoms with van der Waals surface area (Å²) in [4.78, 5) is 24.7. The van der Waals surface area contributed by atoms with Crippen molar-refractivity contribution < 1.29 is 14.7 Å². The van der Waals surface area contributed by atoms with Crippen molar-refractivity contribution in [2.45, 2.75) is 44.6 Å². The van der Waals surface area contributed by atoms with Gasteiger partial charge in [0.2, 0.25) is 0 Å². The third-order valence-electron chi connectivity index (χ3n) is 4.06. The zero-order chi connectivity index (χ0) is 14.4. The lowest BCUT2D eigenvalue weighted by Crippen LogP contribution is -2.49. The number of urea groups is 1. The molecule has 2 atom stereocenters. The van der Waals surface area contributed by atoms with Gasteiger partial charge in [-0.15, -0.1) is 0 Å². The average Bonchev–Trinajstić information content (AvgIpc) is 2.46. The van der Waals surface area contributed by atoms with E-state index in [1.165, 1.54) is 12.2 Å². The first-order valence-corrected chi connectivity index (χ1v) is 8.65. The Morgan fingerprint density at radius 3 is 2.85 bits per heavy atom. The minimum atomic E-state index is -0.745. The predicted molar refractivity (Wildman–Crippen MR) is 80.0 cm³/mol. The number of carboxylic acid groups (broad SMARTS) is 1. The zero-order valence-corrected chi connectivity index (χ0v) is 12.7. The molecule has 5 nitrogen and oxygen atoms in total. The summed E-state index contributed by atoms with van der Waals surface area (Å²) in [5.41, 5.74) is 0. The highest BCUT2D eigenvalue weighted by atomic mass is 32.2. The SMILES string of the molecule is O=C(O)CCC1CCCN(C(=O)NC2CCCSC2)C1. The Bertz CT molecular complexity index is 345. The topological polar surface area (TPSA) is 69.6 Å². The van der Waals surface area contributed by atoms with Gasteiger partial charge in [-0.1, -0.05) is 0 Å². The number of piperidine rings is 1. The summed E-state index contributed by atoms with van der Waals surface area (Å²) in [6, 6.07) is 0.346. The van der Waals surface area contributed by atoms with Crippen molar-refractivity contribution in [2.75, 3.05) is 24.6 Å². The molecule has 0 bridgehead atoms. The molecule has 0 aromatic carbocycles. The van der Waals surface area contributed by atoms with Gasteiger partial charge in [-0.3, -0.25) is 4.79 Å². The normalized spacial score (nSPS) is 27.1. The largest absolute Gasteiger partial charge is 0.481 e. The maximum Gasteiger partial charge on any atom is 0.317 e. The molecule has 2 aliphatic heterocycles. The Morgan fingerprint density at radius 2 is 2.15 bits per heavy atom. The summed E-state index contributed by atoms with van der Waals surface area (Å²) in [6.45, 7) is 1.51. The molecular formula is C14H24N2O3S. The van der Waals surface area contributed by atoms with Gasteiger partial charge in [-0.25, -0.2) is 4.79 Å². The molecule has 2 N–H and O–H groups in total. The van der Waals surface area contributed by atoms with E-state index in [-0.39, 0.29) is 12.5 Å². The van der Waals surface area contributed by atoms with Crippen molar-refractivity contribution >= 4 is 23.8 Å². The third kappa shape index (κ3) is 4.89. The van der Waals surface area contributed by atoms with Crippen LogP contribution in [0.1, 0.15) is 38.5 Å². The van der Waals surface area contributed by atoms with Crippen LogP contribution in [0, 0.1) is 5.92 Å². The van der Waals surface area contributed by atoms with Crippen LogP contribution in [-0.4, -0.2) is 52.6 Å². The number of likely N-dealkylation sites (tertiary alicyclic amines) is 1. The lowest BCUT2D eigenvalue weighted by atomic mass is 9.93. The number of carbonyl (C=O) groups is 2. The summed E-state index contributed by atoms with van der Waals surface area (Å²) < 4.78 is 0. The molecular weight excluding hydrogens is 276 g/mol. The van der Waals surface area contributed by atoms with Gasteiger partial charge in [0.15, 0.2) is 0 Å². The smallest absolute Gasteiger partial charge is 0.317 e. The molecule has 0 saturated carbocycles. The molecule has 2 fully saturated rings. The first-order valence-electron chi connectivity index (χ1n) is 7.50. The first kappa shape index (κ1) is 15.5. The van der Waals surface area contributed by atoms with Crippen LogP contribution < -0.4 is 5.32 Å². The van der Waals surface area contributed by atoms with Crippen LogP contribution in [0.3, 0.4) is 0 Å². The fraction of sp³-hybridized carbons (Fsp3) is 0.857. The second-order valence-corrected chi connectivity index (χ2v) is 6.90. The molecule has 0 radical (unpaired) electrons. The zero-order valence-electron chi connectivity index (χ0n) is 11.8. The number of hydrogen-bond donors (Lipinski definition) is 2. The summed E-state index contributed by atoms with van der Waals surface area (Å²) in [6.07, 6.45) is 5.16. The number of aliphatic carboxylic acids is 1. The van der Waals surface area contributed by atoms with Crippen LogP contribution in [0.4, 0.5) is 4.79 Å². The highest BCUT2D eigenvalue weighted by Crippen LogP contribution is 2.22. The van der Waals surface area contributed by atoms with E-state index in [0.717, 1.165) is 31.6 Å². The van der Waals surface area contributed by atoms with Gasteiger partial charge in [0, 0.05) is 31.3 Å². The molecule has 0 aromatic heterocycles. The molecule has 20 heavy (non-hydrogen) atoms. The van der Waals surface area contributed by atoms with Crippen molar-refractivity contribution in [2.24, 2.45) is 5.92 Å². The summed E-state index contributed by atoms with van der Waals surface area (Å²) >= 11 is 1.91. The van der Waals surface area contributed by atoms with E-state index in [2.05, 4.69) is 5.32 Å². The molecule has 2 aliphatic rings. The van der Waals surface area contributed by atoms with Crippen molar-refractivity contribution in [1.82, 2.24) is 10.2 Å². The van der Waals surface area contributed by atoms with Crippen LogP contribution in [-0.2, 0) is 4.79 Å². The molecule has 2 heterocycles.